The highest BCUT2D eigenvalue weighted by molar-refractivity contribution is 6.17. The lowest BCUT2D eigenvalue weighted by atomic mass is 10.00. The molecule has 1 aliphatic carbocycles. The molecule has 136 valence electrons. The van der Waals surface area contributed by atoms with Gasteiger partial charge in [-0.15, -0.1) is 0 Å². The van der Waals surface area contributed by atoms with Crippen LogP contribution in [-0.2, 0) is 11.2 Å². The lowest BCUT2D eigenvalue weighted by molar-refractivity contribution is 0.00329. The third kappa shape index (κ3) is 2.06. The number of ether oxygens (including phenoxy) is 1. The summed E-state index contributed by atoms with van der Waals surface area (Å²) in [5, 5.41) is 3.99. The molecule has 0 amide bonds. The van der Waals surface area contributed by atoms with Crippen LogP contribution in [0.3, 0.4) is 0 Å². The van der Waals surface area contributed by atoms with Crippen molar-refractivity contribution in [1.82, 2.24) is 9.55 Å². The van der Waals surface area contributed by atoms with Gasteiger partial charge >= 0.3 is 0 Å². The predicted molar refractivity (Wildman–Crippen MR) is 112 cm³/mol. The monoisotopic (exact) mass is 356 g/mol. The molecule has 27 heavy (non-hydrogen) atoms. The smallest absolute Gasteiger partial charge is 0.137 e. The van der Waals surface area contributed by atoms with Crippen molar-refractivity contribution in [1.29, 1.82) is 0 Å². The Kier molecular flexibility index (Phi) is 3.16. The van der Waals surface area contributed by atoms with Gasteiger partial charge in [0.2, 0.25) is 0 Å². The average molecular weight is 356 g/mol. The normalized spacial score (nSPS) is 25.0. The number of hydrogen-bond donors (Lipinski definition) is 1. The lowest BCUT2D eigenvalue weighted by Crippen LogP contribution is -2.13. The second-order valence-corrected chi connectivity index (χ2v) is 8.28. The van der Waals surface area contributed by atoms with Crippen molar-refractivity contribution in [3.05, 3.63) is 53.7 Å². The fraction of sp³-hybridized carbons (Fsp3) is 0.333. The minimum absolute atomic E-state index is 0.0869. The van der Waals surface area contributed by atoms with Gasteiger partial charge in [0, 0.05) is 27.8 Å². The molecule has 3 heteroatoms. The zero-order valence-electron chi connectivity index (χ0n) is 15.8. The first-order valence-electron chi connectivity index (χ1n) is 10.1. The van der Waals surface area contributed by atoms with Crippen LogP contribution < -0.4 is 0 Å². The Bertz CT molecular complexity index is 1230. The van der Waals surface area contributed by atoms with Gasteiger partial charge in [0.1, 0.15) is 6.23 Å². The number of nitrogens with zero attached hydrogens (tertiary/aromatic N) is 1. The van der Waals surface area contributed by atoms with Gasteiger partial charge in [-0.2, -0.15) is 0 Å². The van der Waals surface area contributed by atoms with Gasteiger partial charge in [0.25, 0.3) is 0 Å². The van der Waals surface area contributed by atoms with Gasteiger partial charge in [-0.1, -0.05) is 43.3 Å². The van der Waals surface area contributed by atoms with Crippen molar-refractivity contribution in [2.75, 3.05) is 0 Å². The molecule has 3 atom stereocenters. The topological polar surface area (TPSA) is 29.9 Å². The molecule has 3 nitrogen and oxygen atoms in total. The number of para-hydroxylation sites is 1. The third-order valence-electron chi connectivity index (χ3n) is 6.44. The van der Waals surface area contributed by atoms with E-state index in [0.29, 0.717) is 12.0 Å². The van der Waals surface area contributed by atoms with E-state index >= 15 is 0 Å². The number of aromatic nitrogens is 2. The number of rotatable bonds is 1. The molecule has 6 rings (SSSR count). The Labute approximate surface area is 158 Å². The van der Waals surface area contributed by atoms with E-state index in [1.165, 1.54) is 44.0 Å². The van der Waals surface area contributed by atoms with Gasteiger partial charge in [-0.25, -0.2) is 0 Å². The summed E-state index contributed by atoms with van der Waals surface area (Å²) in [5.41, 5.74) is 6.56. The molecule has 1 fully saturated rings. The zero-order chi connectivity index (χ0) is 18.1. The summed E-state index contributed by atoms with van der Waals surface area (Å²) in [5.74, 6) is 0.499. The summed E-state index contributed by atoms with van der Waals surface area (Å²) in [4.78, 5) is 3.75. The van der Waals surface area contributed by atoms with Crippen molar-refractivity contribution < 1.29 is 4.74 Å². The number of aryl methyl sites for hydroxylation is 1. The van der Waals surface area contributed by atoms with Crippen LogP contribution in [0.2, 0.25) is 0 Å². The standard InChI is InChI=1S/C24H24N2O/c1-14-13-15(2)27-24(14)26-21-10-6-4-8-17(21)19-12-11-18-16-7-3-5-9-20(16)25-22(18)23(19)26/h4-6,8-12,14-15,24-25H,3,7,13H2,1-2H3/t14-,15-,24-/m1/s1. The van der Waals surface area contributed by atoms with Crippen LogP contribution in [-0.4, -0.2) is 15.7 Å². The highest BCUT2D eigenvalue weighted by Gasteiger charge is 2.33. The van der Waals surface area contributed by atoms with Crippen molar-refractivity contribution in [2.45, 2.75) is 45.4 Å². The molecule has 2 aromatic carbocycles. The summed E-state index contributed by atoms with van der Waals surface area (Å²) in [6.45, 7) is 4.51. The predicted octanol–water partition coefficient (Wildman–Crippen LogP) is 6.18. The van der Waals surface area contributed by atoms with E-state index < -0.39 is 0 Å². The number of allylic oxidation sites excluding steroid dienone is 1. The number of benzene rings is 2. The quantitative estimate of drug-likeness (QED) is 0.434. The minimum atomic E-state index is 0.0869. The Hall–Kier alpha value is -2.52. The summed E-state index contributed by atoms with van der Waals surface area (Å²) in [7, 11) is 0. The van der Waals surface area contributed by atoms with E-state index in [1.807, 2.05) is 0 Å². The number of H-pyrrole nitrogens is 1. The molecule has 2 aromatic heterocycles. The highest BCUT2D eigenvalue weighted by atomic mass is 16.5. The van der Waals surface area contributed by atoms with Gasteiger partial charge in [-0.05, 0) is 43.9 Å². The van der Waals surface area contributed by atoms with Gasteiger partial charge in [0.05, 0.1) is 22.7 Å². The van der Waals surface area contributed by atoms with E-state index in [-0.39, 0.29) is 6.23 Å². The van der Waals surface area contributed by atoms with E-state index in [4.69, 9.17) is 4.74 Å². The molecule has 0 unspecified atom stereocenters. The lowest BCUT2D eigenvalue weighted by Gasteiger charge is -2.20. The number of hydrogen-bond acceptors (Lipinski definition) is 1. The first-order chi connectivity index (χ1) is 13.2. The molecule has 2 aliphatic rings. The van der Waals surface area contributed by atoms with Crippen LogP contribution in [0.5, 0.6) is 0 Å². The molecule has 1 aliphatic heterocycles. The Morgan fingerprint density at radius 3 is 2.74 bits per heavy atom. The SMILES string of the molecule is C[C@@H]1C[C@@H](C)[C@H](n2c3ccccc3c3ccc4c5c([nH]c4c32)C=CCC5)O1. The van der Waals surface area contributed by atoms with Gasteiger partial charge in [0.15, 0.2) is 0 Å². The first kappa shape index (κ1) is 15.5. The molecule has 1 N–H and O–H groups in total. The fourth-order valence-electron chi connectivity index (χ4n) is 5.31. The number of nitrogens with one attached hydrogen (secondary N) is 1. The summed E-state index contributed by atoms with van der Waals surface area (Å²) in [6.07, 6.45) is 8.26. The summed E-state index contributed by atoms with van der Waals surface area (Å²) < 4.78 is 8.89. The summed E-state index contributed by atoms with van der Waals surface area (Å²) >= 11 is 0. The second-order valence-electron chi connectivity index (χ2n) is 8.28. The van der Waals surface area contributed by atoms with E-state index in [1.54, 1.807) is 0 Å². The third-order valence-corrected chi connectivity index (χ3v) is 6.44. The molecular weight excluding hydrogens is 332 g/mol. The van der Waals surface area contributed by atoms with Gasteiger partial charge in [-0.3, -0.25) is 0 Å². The Balaban J connectivity index is 1.77. The summed E-state index contributed by atoms with van der Waals surface area (Å²) in [6, 6.07) is 13.4. The Morgan fingerprint density at radius 2 is 1.89 bits per heavy atom. The van der Waals surface area contributed by atoms with Crippen molar-refractivity contribution >= 4 is 38.8 Å². The highest BCUT2D eigenvalue weighted by Crippen LogP contribution is 2.43. The molecule has 0 bridgehead atoms. The number of aromatic amines is 1. The van der Waals surface area contributed by atoms with Crippen molar-refractivity contribution in [3.63, 3.8) is 0 Å². The van der Waals surface area contributed by atoms with Crippen LogP contribution in [0.25, 0.3) is 38.8 Å². The average Bonchev–Trinajstić information content (AvgIpc) is 3.32. The molecule has 0 spiro atoms. The first-order valence-corrected chi connectivity index (χ1v) is 10.1. The Morgan fingerprint density at radius 1 is 1.04 bits per heavy atom. The maximum Gasteiger partial charge on any atom is 0.137 e. The van der Waals surface area contributed by atoms with E-state index in [0.717, 1.165) is 19.3 Å². The molecule has 3 heterocycles. The maximum absolute atomic E-state index is 6.42. The van der Waals surface area contributed by atoms with Crippen LogP contribution >= 0.6 is 0 Å². The molecule has 4 aromatic rings. The minimum Gasteiger partial charge on any atom is -0.355 e. The van der Waals surface area contributed by atoms with Crippen LogP contribution in [0, 0.1) is 5.92 Å². The van der Waals surface area contributed by atoms with Crippen molar-refractivity contribution in [3.8, 4) is 0 Å². The molecule has 0 saturated carbocycles. The largest absolute Gasteiger partial charge is 0.355 e. The second kappa shape index (κ2) is 5.49. The van der Waals surface area contributed by atoms with E-state index in [9.17, 15) is 0 Å². The molecule has 0 radical (unpaired) electrons. The van der Waals surface area contributed by atoms with Crippen LogP contribution in [0.1, 0.15) is 44.2 Å². The van der Waals surface area contributed by atoms with Crippen molar-refractivity contribution in [2.24, 2.45) is 5.92 Å². The zero-order valence-corrected chi connectivity index (χ0v) is 15.8. The number of fused-ring (bicyclic) bond motifs is 7. The molecular formula is C24H24N2O. The fourth-order valence-corrected chi connectivity index (χ4v) is 5.31. The van der Waals surface area contributed by atoms with E-state index in [2.05, 4.69) is 71.9 Å². The molecule has 1 saturated heterocycles. The van der Waals surface area contributed by atoms with Crippen LogP contribution in [0.15, 0.2) is 42.5 Å². The van der Waals surface area contributed by atoms with Crippen LogP contribution in [0.4, 0.5) is 0 Å². The maximum atomic E-state index is 6.42. The van der Waals surface area contributed by atoms with Gasteiger partial charge < -0.3 is 14.3 Å².